The highest BCUT2D eigenvalue weighted by molar-refractivity contribution is 5.91. The van der Waals surface area contributed by atoms with E-state index in [4.69, 9.17) is 5.41 Å². The molecule has 0 aliphatic rings. The van der Waals surface area contributed by atoms with E-state index in [9.17, 15) is 26.3 Å². The minimum atomic E-state index is -5.60. The Morgan fingerprint density at radius 3 is 1.00 bits per heavy atom. The van der Waals surface area contributed by atoms with Crippen molar-refractivity contribution < 1.29 is 26.3 Å². The van der Waals surface area contributed by atoms with E-state index in [0.29, 0.717) is 0 Å². The lowest BCUT2D eigenvalue weighted by molar-refractivity contribution is -0.119. The number of halogens is 6. The number of hydrogen-bond donors (Lipinski definition) is 1. The summed E-state index contributed by atoms with van der Waals surface area (Å²) in [5.41, 5.74) is -3.18. The van der Waals surface area contributed by atoms with Crippen molar-refractivity contribution in [2.45, 2.75) is 12.4 Å². The lowest BCUT2D eigenvalue weighted by atomic mass is 10.4. The number of hydrogen-bond acceptors (Lipinski definition) is 1. The Morgan fingerprint density at radius 1 is 0.800 bits per heavy atom. The van der Waals surface area contributed by atoms with Gasteiger partial charge >= 0.3 is 12.4 Å². The molecule has 0 rings (SSSR count). The first kappa shape index (κ1) is 9.25. The lowest BCUT2D eigenvalue weighted by Crippen LogP contribution is -2.35. The summed E-state index contributed by atoms with van der Waals surface area (Å²) >= 11 is 0. The van der Waals surface area contributed by atoms with E-state index < -0.39 is 18.1 Å². The molecule has 0 aromatic heterocycles. The molecule has 7 heteroatoms. The van der Waals surface area contributed by atoms with Crippen LogP contribution in [0.5, 0.6) is 0 Å². The first-order valence-electron chi connectivity index (χ1n) is 1.88. The van der Waals surface area contributed by atoms with Gasteiger partial charge in [0.1, 0.15) is 0 Å². The van der Waals surface area contributed by atoms with E-state index >= 15 is 0 Å². The summed E-state index contributed by atoms with van der Waals surface area (Å²) in [6.45, 7) is 0. The van der Waals surface area contributed by atoms with Crippen LogP contribution in [0.1, 0.15) is 0 Å². The van der Waals surface area contributed by atoms with Crippen LogP contribution in [0.25, 0.3) is 0 Å². The maximum atomic E-state index is 11.0. The van der Waals surface area contributed by atoms with Gasteiger partial charge in [-0.05, 0) is 0 Å². The first-order chi connectivity index (χ1) is 4.15. The standard InChI is InChI=1S/C3HF6N/c4-2(5,6)1(10)3(7,8)9/h10H. The molecule has 0 unspecified atom stereocenters. The second-order valence-electron chi connectivity index (χ2n) is 1.37. The van der Waals surface area contributed by atoms with Crippen molar-refractivity contribution in [2.24, 2.45) is 0 Å². The van der Waals surface area contributed by atoms with E-state index in [1.165, 1.54) is 0 Å². The minimum Gasteiger partial charge on any atom is -0.293 e. The maximum absolute atomic E-state index is 11.0. The SMILES string of the molecule is N=C(C(F)(F)F)C(F)(F)F. The Balaban J connectivity index is 4.40. The quantitative estimate of drug-likeness (QED) is 0.420. The molecule has 0 saturated carbocycles. The summed E-state index contributed by atoms with van der Waals surface area (Å²) in [6, 6.07) is 0. The second kappa shape index (κ2) is 2.14. The third kappa shape index (κ3) is 2.24. The molecule has 0 radical (unpaired) electrons. The highest BCUT2D eigenvalue weighted by Crippen LogP contribution is 2.28. The van der Waals surface area contributed by atoms with Crippen molar-refractivity contribution in [3.63, 3.8) is 0 Å². The Hall–Kier alpha value is -0.750. The first-order valence-corrected chi connectivity index (χ1v) is 1.88. The van der Waals surface area contributed by atoms with Crippen LogP contribution in [0.2, 0.25) is 0 Å². The molecule has 0 spiro atoms. The molecule has 0 heterocycles. The zero-order valence-corrected chi connectivity index (χ0v) is 4.27. The van der Waals surface area contributed by atoms with Gasteiger partial charge in [0.25, 0.3) is 0 Å². The van der Waals surface area contributed by atoms with Gasteiger partial charge in [-0.3, -0.25) is 5.41 Å². The average molecular weight is 165 g/mol. The van der Waals surface area contributed by atoms with Crippen LogP contribution < -0.4 is 0 Å². The topological polar surface area (TPSA) is 23.9 Å². The minimum absolute atomic E-state index is 3.18. The molecule has 0 amide bonds. The summed E-state index contributed by atoms with van der Waals surface area (Å²) in [7, 11) is 0. The Bertz CT molecular complexity index is 124. The summed E-state index contributed by atoms with van der Waals surface area (Å²) in [4.78, 5) is 0. The molecule has 0 aromatic carbocycles. The van der Waals surface area contributed by atoms with Gasteiger partial charge in [-0.15, -0.1) is 0 Å². The monoisotopic (exact) mass is 165 g/mol. The van der Waals surface area contributed by atoms with Crippen molar-refractivity contribution in [3.05, 3.63) is 0 Å². The van der Waals surface area contributed by atoms with Crippen LogP contribution in [0.4, 0.5) is 26.3 Å². The van der Waals surface area contributed by atoms with Crippen LogP contribution in [0.15, 0.2) is 0 Å². The van der Waals surface area contributed by atoms with Crippen LogP contribution >= 0.6 is 0 Å². The van der Waals surface area contributed by atoms with Gasteiger partial charge < -0.3 is 0 Å². The second-order valence-corrected chi connectivity index (χ2v) is 1.37. The normalized spacial score (nSPS) is 13.4. The van der Waals surface area contributed by atoms with E-state index in [0.717, 1.165) is 0 Å². The Labute approximate surface area is 51.1 Å². The fourth-order valence-electron chi connectivity index (χ4n) is 0.161. The third-order valence-corrected chi connectivity index (χ3v) is 0.567. The summed E-state index contributed by atoms with van der Waals surface area (Å²) in [5.74, 6) is 0. The molecule has 0 aliphatic carbocycles. The fraction of sp³-hybridized carbons (Fsp3) is 0.667. The van der Waals surface area contributed by atoms with Gasteiger partial charge in [0.2, 0.25) is 5.71 Å². The average Bonchev–Trinajstić information content (AvgIpc) is 1.59. The highest BCUT2D eigenvalue weighted by atomic mass is 19.4. The van der Waals surface area contributed by atoms with Crippen molar-refractivity contribution in [1.82, 2.24) is 0 Å². The number of alkyl halides is 6. The zero-order valence-electron chi connectivity index (χ0n) is 4.27. The van der Waals surface area contributed by atoms with E-state index in [-0.39, 0.29) is 0 Å². The van der Waals surface area contributed by atoms with Crippen molar-refractivity contribution in [2.75, 3.05) is 0 Å². The molecule has 0 aliphatic heterocycles. The van der Waals surface area contributed by atoms with Crippen LogP contribution in [0.3, 0.4) is 0 Å². The summed E-state index contributed by atoms with van der Waals surface area (Å²) < 4.78 is 66.0. The number of rotatable bonds is 0. The van der Waals surface area contributed by atoms with Gasteiger partial charge in [-0.25, -0.2) is 0 Å². The van der Waals surface area contributed by atoms with Crippen molar-refractivity contribution >= 4 is 5.71 Å². The van der Waals surface area contributed by atoms with Gasteiger partial charge in [-0.1, -0.05) is 0 Å². The van der Waals surface area contributed by atoms with Crippen LogP contribution in [-0.2, 0) is 0 Å². The van der Waals surface area contributed by atoms with Gasteiger partial charge in [0, 0.05) is 0 Å². The zero-order chi connectivity index (χ0) is 8.58. The molecular formula is C3HF6N. The van der Waals surface area contributed by atoms with Crippen molar-refractivity contribution in [3.8, 4) is 0 Å². The van der Waals surface area contributed by atoms with Crippen LogP contribution in [-0.4, -0.2) is 18.1 Å². The Morgan fingerprint density at radius 2 is 1.00 bits per heavy atom. The molecule has 0 aromatic rings. The smallest absolute Gasteiger partial charge is 0.293 e. The lowest BCUT2D eigenvalue weighted by Gasteiger charge is -2.09. The van der Waals surface area contributed by atoms with Crippen molar-refractivity contribution in [1.29, 1.82) is 5.41 Å². The molecule has 0 bridgehead atoms. The van der Waals surface area contributed by atoms with Gasteiger partial charge in [0.15, 0.2) is 0 Å². The molecule has 60 valence electrons. The van der Waals surface area contributed by atoms with E-state index in [2.05, 4.69) is 0 Å². The fourth-order valence-corrected chi connectivity index (χ4v) is 0.161. The van der Waals surface area contributed by atoms with E-state index in [1.54, 1.807) is 0 Å². The molecular weight excluding hydrogens is 164 g/mol. The molecule has 1 N–H and O–H groups in total. The van der Waals surface area contributed by atoms with E-state index in [1.807, 2.05) is 0 Å². The molecule has 0 atom stereocenters. The summed E-state index contributed by atoms with van der Waals surface area (Å²) in [6.07, 6.45) is -11.2. The maximum Gasteiger partial charge on any atom is 0.437 e. The number of nitrogens with one attached hydrogen (secondary N) is 1. The largest absolute Gasteiger partial charge is 0.437 e. The third-order valence-electron chi connectivity index (χ3n) is 0.567. The van der Waals surface area contributed by atoms with Crippen LogP contribution in [0, 0.1) is 5.41 Å². The summed E-state index contributed by atoms with van der Waals surface area (Å²) in [5, 5.41) is 5.54. The Kier molecular flexibility index (Phi) is 1.98. The molecule has 0 fully saturated rings. The molecule has 1 nitrogen and oxygen atoms in total. The van der Waals surface area contributed by atoms with Gasteiger partial charge in [0.05, 0.1) is 0 Å². The molecule has 0 saturated heterocycles. The predicted octanol–water partition coefficient (Wildman–Crippen LogP) is 2.13. The molecule has 10 heavy (non-hydrogen) atoms. The van der Waals surface area contributed by atoms with Gasteiger partial charge in [-0.2, -0.15) is 26.3 Å². The predicted molar refractivity (Wildman–Crippen MR) is 19.8 cm³/mol. The highest BCUT2D eigenvalue weighted by Gasteiger charge is 2.51.